The predicted octanol–water partition coefficient (Wildman–Crippen LogP) is 14.2. The third kappa shape index (κ3) is 7.35. The van der Waals surface area contributed by atoms with Crippen LogP contribution in [0, 0.1) is 41.5 Å². The van der Waals surface area contributed by atoms with Crippen molar-refractivity contribution in [3.8, 4) is 0 Å². The van der Waals surface area contributed by atoms with E-state index >= 15 is 0 Å². The summed E-state index contributed by atoms with van der Waals surface area (Å²) < 4.78 is 3.99. The second-order valence-electron chi connectivity index (χ2n) is 17.1. The minimum atomic E-state index is -4.87. The van der Waals surface area contributed by atoms with Crippen molar-refractivity contribution < 1.29 is 10.2 Å². The molecule has 1 aliphatic heterocycles. The van der Waals surface area contributed by atoms with Crippen LogP contribution in [0.2, 0.25) is 0 Å². The predicted molar refractivity (Wildman–Crippen MR) is 240 cm³/mol. The standard InChI is InChI=1S/C21H26N2.C18H33P.C7H6S.2ClH.Ru/c1-14-9-16(3)20(17(4)10-14)22-7-8-23(13-22)21-18(5)11-15(2)12-19(21)6;1-4-10-16(11-5-1)19(17-12-6-2-7-13-17)18-14-8-3-9-15-18;1-8-7-5-3-2-4-6-7;;;/h9-12H,7-8H2,1-6H3;16-18H,1-15H2;1-6H;2*1H;/q;;;;;-4/p-1. The van der Waals surface area contributed by atoms with Crippen molar-refractivity contribution in [2.24, 2.45) is 0 Å². The zero-order valence-electron chi connectivity index (χ0n) is 33.4. The molecule has 0 atom stereocenters. The molecule has 0 spiro atoms. The molecule has 1 heterocycles. The summed E-state index contributed by atoms with van der Waals surface area (Å²) in [6.45, 7) is 15.6. The summed E-state index contributed by atoms with van der Waals surface area (Å²) in [5, 5.41) is 0. The molecule has 4 fully saturated rings. The van der Waals surface area contributed by atoms with Crippen LogP contribution in [-0.2, 0) is 10.2 Å². The molecule has 0 amide bonds. The van der Waals surface area contributed by atoms with Gasteiger partial charge in [0, 0.05) is 0 Å². The summed E-state index contributed by atoms with van der Waals surface area (Å²) in [6, 6.07) is 20.6. The first-order valence-electron chi connectivity index (χ1n) is 20.8. The summed E-state index contributed by atoms with van der Waals surface area (Å²) in [5.74, 6) is 0. The Bertz CT molecular complexity index is 1780. The van der Waals surface area contributed by atoms with E-state index in [0.717, 1.165) is 13.1 Å². The number of aryl methyl sites for hydroxylation is 6. The van der Waals surface area contributed by atoms with Crippen LogP contribution in [0.15, 0.2) is 59.5 Å². The van der Waals surface area contributed by atoms with Crippen LogP contribution >= 0.6 is 36.7 Å². The maximum absolute atomic E-state index is 9.54. The number of nitrogens with zero attached hydrogens (tertiary/aromatic N) is 2. The molecule has 7 heteroatoms. The molecule has 1 saturated heterocycles. The van der Waals surface area contributed by atoms with E-state index in [1.54, 1.807) is 0 Å². The van der Waals surface area contributed by atoms with Gasteiger partial charge in [-0.15, -0.1) is 0 Å². The number of halogens is 2. The van der Waals surface area contributed by atoms with Crippen LogP contribution in [0.3, 0.4) is 0 Å². The van der Waals surface area contributed by atoms with Gasteiger partial charge >= 0.3 is 337 Å². The molecule has 0 radical (unpaired) electrons. The molecular formula is C46H66Cl2N2PRuS-5. The van der Waals surface area contributed by atoms with Crippen LogP contribution in [-0.4, -0.2) is 38.4 Å². The van der Waals surface area contributed by atoms with E-state index in [1.807, 2.05) is 11.8 Å². The van der Waals surface area contributed by atoms with E-state index < -0.39 is 15.8 Å². The third-order valence-electron chi connectivity index (χ3n) is 13.4. The summed E-state index contributed by atoms with van der Waals surface area (Å²) in [6.07, 6.45) is 20.1. The first-order chi connectivity index (χ1) is 25.4. The van der Waals surface area contributed by atoms with Gasteiger partial charge in [0.2, 0.25) is 0 Å². The first-order valence-corrected chi connectivity index (χ1v) is 32.7. The minimum absolute atomic E-state index is 0.674. The van der Waals surface area contributed by atoms with E-state index in [0.29, 0.717) is 17.0 Å². The van der Waals surface area contributed by atoms with E-state index in [-0.39, 0.29) is 0 Å². The van der Waals surface area contributed by atoms with E-state index in [2.05, 4.69) is 110 Å². The topological polar surface area (TPSA) is 6.48 Å². The monoisotopic (exact) mass is 881 g/mol. The van der Waals surface area contributed by atoms with Crippen molar-refractivity contribution in [1.82, 2.24) is 0 Å². The van der Waals surface area contributed by atoms with Gasteiger partial charge in [0.1, 0.15) is 0 Å². The van der Waals surface area contributed by atoms with E-state index in [1.165, 1.54) is 150 Å². The zero-order valence-corrected chi connectivity index (χ0v) is 38.5. The summed E-state index contributed by atoms with van der Waals surface area (Å²) >= 11 is 1.90. The van der Waals surface area contributed by atoms with Crippen molar-refractivity contribution >= 4 is 56.4 Å². The fourth-order valence-corrected chi connectivity index (χ4v) is 63.2. The molecule has 298 valence electrons. The van der Waals surface area contributed by atoms with Crippen molar-refractivity contribution in [1.29, 1.82) is 0 Å². The number of hydrogen-bond donors (Lipinski definition) is 0. The molecule has 0 bridgehead atoms. The Labute approximate surface area is 334 Å². The zero-order chi connectivity index (χ0) is 37.4. The summed E-state index contributed by atoms with van der Waals surface area (Å²) in [5.41, 5.74) is 10.1. The van der Waals surface area contributed by atoms with Crippen molar-refractivity contribution in [2.75, 3.05) is 22.9 Å². The molecule has 53 heavy (non-hydrogen) atoms. The molecule has 3 aliphatic carbocycles. The van der Waals surface area contributed by atoms with E-state index in [9.17, 15) is 19.4 Å². The molecule has 0 N–H and O–H groups in total. The Morgan fingerprint density at radius 2 is 0.925 bits per heavy atom. The van der Waals surface area contributed by atoms with Gasteiger partial charge in [-0.25, -0.2) is 0 Å². The van der Waals surface area contributed by atoms with Gasteiger partial charge in [-0.3, -0.25) is 0 Å². The quantitative estimate of drug-likeness (QED) is 0.126. The second-order valence-corrected chi connectivity index (χ2v) is 46.7. The van der Waals surface area contributed by atoms with E-state index in [4.69, 9.17) is 0 Å². The van der Waals surface area contributed by atoms with Crippen LogP contribution in [0.25, 0.3) is 0 Å². The van der Waals surface area contributed by atoms with Gasteiger partial charge in [-0.1, -0.05) is 0 Å². The van der Waals surface area contributed by atoms with Gasteiger partial charge in [-0.2, -0.15) is 0 Å². The molecule has 3 saturated carbocycles. The Balaban J connectivity index is 1.70. The van der Waals surface area contributed by atoms with Gasteiger partial charge in [0.15, 0.2) is 0 Å². The van der Waals surface area contributed by atoms with Crippen LogP contribution in [0.5, 0.6) is 0 Å². The Morgan fingerprint density at radius 3 is 1.28 bits per heavy atom. The average Bonchev–Trinajstić information content (AvgIpc) is 3.57. The molecule has 3 aromatic rings. The average molecular weight is 882 g/mol. The molecule has 4 aliphatic rings. The molecule has 7 rings (SSSR count). The molecule has 0 unspecified atom stereocenters. The van der Waals surface area contributed by atoms with Crippen molar-refractivity contribution in [2.45, 2.75) is 160 Å². The number of rotatable bonds is 8. The van der Waals surface area contributed by atoms with Gasteiger partial charge in [-0.05, 0) is 0 Å². The Morgan fingerprint density at radius 1 is 0.566 bits per heavy atom. The third-order valence-corrected chi connectivity index (χ3v) is 54.9. The fourth-order valence-electron chi connectivity index (χ4n) is 11.7. The van der Waals surface area contributed by atoms with Crippen LogP contribution in [0.1, 0.15) is 130 Å². The summed E-state index contributed by atoms with van der Waals surface area (Å²) in [4.78, 5) is 6.75. The first kappa shape index (κ1) is 40.2. The molecule has 2 nitrogen and oxygen atoms in total. The van der Waals surface area contributed by atoms with Gasteiger partial charge in [0.25, 0.3) is 0 Å². The Kier molecular flexibility index (Phi) is 12.5. The number of benzene rings is 3. The SMILES string of the molecule is Cc1cc(C)c(N2CCN(c3c(C)cc(C)cc3C)[C]2=[Ru-5]([Cl])([Cl])(=[CH]Sc2ccccc2)[PH](C2CCCCC2)(C2CCCCC2)C2CCCCC2)c(C)c1. The van der Waals surface area contributed by atoms with Crippen molar-refractivity contribution in [3.05, 3.63) is 88.0 Å². The number of hydrogen-bond acceptors (Lipinski definition) is 3. The fraction of sp³-hybridized carbons (Fsp3) is 0.565. The van der Waals surface area contributed by atoms with Gasteiger partial charge < -0.3 is 0 Å². The molecular weight excluding hydrogens is 816 g/mol. The number of thioether (sulfide) groups is 1. The normalized spacial score (nSPS) is 21.1. The number of anilines is 2. The molecule has 3 aromatic carbocycles. The summed E-state index contributed by atoms with van der Waals surface area (Å²) in [7, 11) is 14.2. The Hall–Kier alpha value is -1.02. The van der Waals surface area contributed by atoms with Crippen LogP contribution in [0.4, 0.5) is 11.4 Å². The maximum atomic E-state index is 9.54. The molecule has 0 aromatic heterocycles. The van der Waals surface area contributed by atoms with Gasteiger partial charge in [0.05, 0.1) is 0 Å². The second kappa shape index (κ2) is 16.5. The van der Waals surface area contributed by atoms with Crippen molar-refractivity contribution in [3.63, 3.8) is 0 Å². The van der Waals surface area contributed by atoms with Crippen LogP contribution < -0.4 is 9.80 Å².